The molecule has 1 aliphatic rings. The average Bonchev–Trinajstić information content (AvgIpc) is 3.14. The van der Waals surface area contributed by atoms with Crippen molar-refractivity contribution in [2.75, 3.05) is 19.0 Å². The molecule has 4 rings (SSSR count). The van der Waals surface area contributed by atoms with Crippen molar-refractivity contribution in [3.63, 3.8) is 0 Å². The Labute approximate surface area is 224 Å². The number of carbonyl (C=O) groups excluding carboxylic acids is 3. The molecule has 0 atom stereocenters. The summed E-state index contributed by atoms with van der Waals surface area (Å²) in [5, 5.41) is 11.5. The lowest BCUT2D eigenvalue weighted by atomic mass is 10.1. The molecule has 0 bridgehead atoms. The summed E-state index contributed by atoms with van der Waals surface area (Å²) < 4.78 is 11.3. The lowest BCUT2D eigenvalue weighted by Gasteiger charge is -2.13. The molecule has 1 aliphatic heterocycles. The molecule has 1 saturated heterocycles. The number of nitrogens with one attached hydrogen (secondary N) is 1. The van der Waals surface area contributed by atoms with Crippen molar-refractivity contribution >= 4 is 40.6 Å². The molecule has 1 N–H and O–H groups in total. The van der Waals surface area contributed by atoms with E-state index in [0.29, 0.717) is 28.3 Å². The predicted octanol–water partition coefficient (Wildman–Crippen LogP) is 5.44. The maximum absolute atomic E-state index is 12.9. The molecule has 38 heavy (non-hydrogen) atoms. The van der Waals surface area contributed by atoms with Crippen molar-refractivity contribution in [2.45, 2.75) is 20.5 Å². The van der Waals surface area contributed by atoms with E-state index in [2.05, 4.69) is 11.4 Å². The van der Waals surface area contributed by atoms with Gasteiger partial charge in [0.15, 0.2) is 11.5 Å². The Morgan fingerprint density at radius 1 is 1.05 bits per heavy atom. The van der Waals surface area contributed by atoms with Crippen LogP contribution in [0.5, 0.6) is 11.5 Å². The zero-order valence-corrected chi connectivity index (χ0v) is 21.9. The summed E-state index contributed by atoms with van der Waals surface area (Å²) in [4.78, 5) is 39.1. The lowest BCUT2D eigenvalue weighted by Crippen LogP contribution is -2.36. The van der Waals surface area contributed by atoms with Crippen LogP contribution >= 0.6 is 11.8 Å². The molecule has 3 amide bonds. The first-order valence-corrected chi connectivity index (χ1v) is 12.5. The van der Waals surface area contributed by atoms with Gasteiger partial charge in [-0.15, -0.1) is 0 Å². The number of ether oxygens (including phenoxy) is 2. The maximum Gasteiger partial charge on any atom is 0.294 e. The second kappa shape index (κ2) is 11.7. The van der Waals surface area contributed by atoms with Crippen molar-refractivity contribution in [3.05, 3.63) is 93.4 Å². The van der Waals surface area contributed by atoms with Crippen LogP contribution in [0, 0.1) is 25.2 Å². The summed E-state index contributed by atoms with van der Waals surface area (Å²) in [5.41, 5.74) is 4.50. The van der Waals surface area contributed by atoms with Gasteiger partial charge in [-0.2, -0.15) is 5.26 Å². The Hall–Kier alpha value is -4.55. The second-order valence-corrected chi connectivity index (χ2v) is 9.65. The van der Waals surface area contributed by atoms with Gasteiger partial charge in [0.05, 0.1) is 23.6 Å². The quantitative estimate of drug-likeness (QED) is 0.389. The Balaban J connectivity index is 1.44. The Morgan fingerprint density at radius 3 is 2.50 bits per heavy atom. The number of aryl methyl sites for hydroxylation is 2. The van der Waals surface area contributed by atoms with Gasteiger partial charge in [0.1, 0.15) is 13.2 Å². The SMILES string of the molecule is COc1cc(/C=C2\SC(=O)N(CC(=O)Nc3cc(C)cc(C)c3)C2=O)ccc1OCc1ccccc1C#N. The monoisotopic (exact) mass is 527 g/mol. The zero-order valence-electron chi connectivity index (χ0n) is 21.1. The van der Waals surface area contributed by atoms with Crippen LogP contribution in [0.3, 0.4) is 0 Å². The Bertz CT molecular complexity index is 1470. The fraction of sp³-hybridized carbons (Fsp3) is 0.172. The minimum atomic E-state index is -0.539. The van der Waals surface area contributed by atoms with Crippen molar-refractivity contribution in [1.29, 1.82) is 5.26 Å². The number of thioether (sulfide) groups is 1. The molecule has 0 aliphatic carbocycles. The predicted molar refractivity (Wildman–Crippen MR) is 146 cm³/mol. The standard InChI is InChI=1S/C29H25N3O5S/c1-18-10-19(2)12-23(11-18)31-27(33)16-32-28(34)26(38-29(32)35)14-20-8-9-24(25(13-20)36-3)37-17-22-7-5-4-6-21(22)15-30/h4-14H,16-17H2,1-3H3,(H,31,33)/b26-14-. The van der Waals surface area contributed by atoms with E-state index >= 15 is 0 Å². The molecule has 3 aromatic carbocycles. The molecule has 8 nitrogen and oxygen atoms in total. The van der Waals surface area contributed by atoms with Gasteiger partial charge in [-0.25, -0.2) is 0 Å². The van der Waals surface area contributed by atoms with Gasteiger partial charge in [0, 0.05) is 11.3 Å². The van der Waals surface area contributed by atoms with Gasteiger partial charge in [-0.3, -0.25) is 19.3 Å². The van der Waals surface area contributed by atoms with E-state index in [1.165, 1.54) is 7.11 Å². The number of anilines is 1. The number of nitriles is 1. The summed E-state index contributed by atoms with van der Waals surface area (Å²) in [6, 6.07) is 20.0. The first-order chi connectivity index (χ1) is 18.3. The first kappa shape index (κ1) is 26.5. The summed E-state index contributed by atoms with van der Waals surface area (Å²) in [7, 11) is 1.50. The Morgan fingerprint density at radius 2 is 1.79 bits per heavy atom. The van der Waals surface area contributed by atoms with Crippen molar-refractivity contribution in [1.82, 2.24) is 4.90 Å². The van der Waals surface area contributed by atoms with Gasteiger partial charge in [0.2, 0.25) is 5.91 Å². The number of methoxy groups -OCH3 is 1. The number of nitrogens with zero attached hydrogens (tertiary/aromatic N) is 2. The normalized spacial score (nSPS) is 13.9. The number of amides is 3. The molecule has 0 unspecified atom stereocenters. The molecule has 0 saturated carbocycles. The third kappa shape index (κ3) is 6.22. The fourth-order valence-electron chi connectivity index (χ4n) is 3.98. The molecule has 192 valence electrons. The topological polar surface area (TPSA) is 109 Å². The lowest BCUT2D eigenvalue weighted by molar-refractivity contribution is -0.127. The van der Waals surface area contributed by atoms with Crippen LogP contribution in [0.25, 0.3) is 6.08 Å². The van der Waals surface area contributed by atoms with Crippen molar-refractivity contribution in [3.8, 4) is 17.6 Å². The third-order valence-corrected chi connectivity index (χ3v) is 6.59. The fourth-order valence-corrected chi connectivity index (χ4v) is 4.82. The molecule has 3 aromatic rings. The number of carbonyl (C=O) groups is 3. The second-order valence-electron chi connectivity index (χ2n) is 8.66. The minimum absolute atomic E-state index is 0.183. The van der Waals surface area contributed by atoms with Gasteiger partial charge in [-0.1, -0.05) is 30.3 Å². The molecule has 0 spiro atoms. The molecule has 1 heterocycles. The zero-order chi connectivity index (χ0) is 27.2. The summed E-state index contributed by atoms with van der Waals surface area (Å²) in [6.07, 6.45) is 1.57. The summed E-state index contributed by atoms with van der Waals surface area (Å²) >= 11 is 0.775. The van der Waals surface area contributed by atoms with E-state index < -0.39 is 17.1 Å². The maximum atomic E-state index is 12.9. The first-order valence-electron chi connectivity index (χ1n) is 11.7. The van der Waals surface area contributed by atoms with Gasteiger partial charge < -0.3 is 14.8 Å². The van der Waals surface area contributed by atoms with Crippen molar-refractivity contribution in [2.24, 2.45) is 0 Å². The van der Waals surface area contributed by atoms with Crippen LogP contribution in [-0.4, -0.2) is 35.6 Å². The van der Waals surface area contributed by atoms with E-state index in [1.54, 1.807) is 36.4 Å². The van der Waals surface area contributed by atoms with Gasteiger partial charge >= 0.3 is 0 Å². The van der Waals surface area contributed by atoms with Crippen LogP contribution in [0.4, 0.5) is 10.5 Å². The van der Waals surface area contributed by atoms with Crippen LogP contribution in [0.2, 0.25) is 0 Å². The third-order valence-electron chi connectivity index (χ3n) is 5.69. The van der Waals surface area contributed by atoms with E-state index in [0.717, 1.165) is 33.4 Å². The van der Waals surface area contributed by atoms with E-state index in [9.17, 15) is 19.6 Å². The van der Waals surface area contributed by atoms with E-state index in [1.807, 2.05) is 44.2 Å². The van der Waals surface area contributed by atoms with Crippen LogP contribution < -0.4 is 14.8 Å². The molecular weight excluding hydrogens is 502 g/mol. The van der Waals surface area contributed by atoms with E-state index in [-0.39, 0.29) is 18.1 Å². The number of hydrogen-bond donors (Lipinski definition) is 1. The number of hydrogen-bond acceptors (Lipinski definition) is 7. The highest BCUT2D eigenvalue weighted by Crippen LogP contribution is 2.35. The van der Waals surface area contributed by atoms with Crippen molar-refractivity contribution < 1.29 is 23.9 Å². The minimum Gasteiger partial charge on any atom is -0.493 e. The number of rotatable bonds is 8. The van der Waals surface area contributed by atoms with Gasteiger partial charge in [-0.05, 0) is 78.7 Å². The number of imide groups is 1. The van der Waals surface area contributed by atoms with Crippen LogP contribution in [-0.2, 0) is 16.2 Å². The molecular formula is C29H25N3O5S. The summed E-state index contributed by atoms with van der Waals surface area (Å²) in [6.45, 7) is 3.65. The Kier molecular flexibility index (Phi) is 8.14. The van der Waals surface area contributed by atoms with Gasteiger partial charge in [0.25, 0.3) is 11.1 Å². The van der Waals surface area contributed by atoms with Crippen LogP contribution in [0.1, 0.15) is 27.8 Å². The smallest absolute Gasteiger partial charge is 0.294 e. The average molecular weight is 528 g/mol. The molecule has 0 aromatic heterocycles. The highest BCUT2D eigenvalue weighted by Gasteiger charge is 2.36. The molecule has 0 radical (unpaired) electrons. The molecule has 1 fully saturated rings. The largest absolute Gasteiger partial charge is 0.493 e. The van der Waals surface area contributed by atoms with Crippen LogP contribution in [0.15, 0.2) is 65.6 Å². The summed E-state index contributed by atoms with van der Waals surface area (Å²) in [5.74, 6) is -0.100. The highest BCUT2D eigenvalue weighted by atomic mass is 32.2. The number of benzene rings is 3. The highest BCUT2D eigenvalue weighted by molar-refractivity contribution is 8.18. The molecule has 9 heteroatoms. The van der Waals surface area contributed by atoms with E-state index in [4.69, 9.17) is 9.47 Å².